The second-order valence-corrected chi connectivity index (χ2v) is 22.6. The third-order valence-electron chi connectivity index (χ3n) is 5.02. The number of rotatable bonds is 4. The number of benzene rings is 1. The van der Waals surface area contributed by atoms with Crippen molar-refractivity contribution in [3.8, 4) is 28.6 Å². The fraction of sp³-hybridized carbons (Fsp3) is 0.333. The SMILES string of the molecule is Cn1cnnc1-c1cc(C#N)ccc1-c1cc(C2CC2)n[c]([Sn]([CH3])([CH3])[CH3])c1. The van der Waals surface area contributed by atoms with Gasteiger partial charge in [-0.3, -0.25) is 0 Å². The normalized spacial score (nSPS) is 14.2. The van der Waals surface area contributed by atoms with Crippen LogP contribution in [0.5, 0.6) is 0 Å². The summed E-state index contributed by atoms with van der Waals surface area (Å²) in [6.45, 7) is 0. The van der Waals surface area contributed by atoms with E-state index < -0.39 is 18.4 Å². The van der Waals surface area contributed by atoms with Crippen LogP contribution in [-0.2, 0) is 7.05 Å². The monoisotopic (exact) mass is 465 g/mol. The number of hydrogen-bond donors (Lipinski definition) is 0. The molecule has 27 heavy (non-hydrogen) atoms. The van der Waals surface area contributed by atoms with Gasteiger partial charge in [0.05, 0.1) is 0 Å². The minimum absolute atomic E-state index is 0.606. The number of nitriles is 1. The molecule has 0 unspecified atom stereocenters. The molecule has 2 heterocycles. The minimum atomic E-state index is -2.34. The van der Waals surface area contributed by atoms with Crippen LogP contribution in [-0.4, -0.2) is 38.1 Å². The van der Waals surface area contributed by atoms with Crippen LogP contribution in [0.15, 0.2) is 36.7 Å². The molecule has 1 saturated carbocycles. The number of aromatic nitrogens is 4. The average Bonchev–Trinajstić information content (AvgIpc) is 3.41. The van der Waals surface area contributed by atoms with Crippen LogP contribution in [0, 0.1) is 11.3 Å². The van der Waals surface area contributed by atoms with Gasteiger partial charge >= 0.3 is 164 Å². The summed E-state index contributed by atoms with van der Waals surface area (Å²) in [6.07, 6.45) is 4.16. The number of hydrogen-bond acceptors (Lipinski definition) is 4. The molecule has 2 aromatic heterocycles. The molecular formula is C21H23N5Sn. The van der Waals surface area contributed by atoms with Gasteiger partial charge < -0.3 is 0 Å². The van der Waals surface area contributed by atoms with Gasteiger partial charge in [0.2, 0.25) is 0 Å². The maximum atomic E-state index is 9.37. The van der Waals surface area contributed by atoms with E-state index in [1.54, 1.807) is 6.33 Å². The molecule has 0 spiro atoms. The molecule has 1 aliphatic rings. The van der Waals surface area contributed by atoms with Crippen LogP contribution < -0.4 is 3.71 Å². The molecule has 0 atom stereocenters. The molecule has 1 fully saturated rings. The summed E-state index contributed by atoms with van der Waals surface area (Å²) in [5, 5.41) is 17.7. The standard InChI is InChI=1S/C18H14N5.3CH3.Sn/c1-23-11-21-22-18(23)16-8-12(10-19)2-5-15(16)14-6-7-20-17(9-14)13-3-4-13;;;;/h2,5-6,8-9,11,13H,3-4H2,1H3;3*1H3;. The van der Waals surface area contributed by atoms with Gasteiger partial charge in [0.1, 0.15) is 0 Å². The zero-order valence-electron chi connectivity index (χ0n) is 16.2. The summed E-state index contributed by atoms with van der Waals surface area (Å²) in [5.74, 6) is 1.38. The number of nitrogens with zero attached hydrogens (tertiary/aromatic N) is 5. The van der Waals surface area contributed by atoms with Crippen molar-refractivity contribution in [1.82, 2.24) is 19.7 Å². The van der Waals surface area contributed by atoms with Crippen LogP contribution in [0.1, 0.15) is 30.0 Å². The summed E-state index contributed by atoms with van der Waals surface area (Å²) >= 11 is -2.34. The predicted octanol–water partition coefficient (Wildman–Crippen LogP) is 3.84. The van der Waals surface area contributed by atoms with E-state index in [4.69, 9.17) is 4.98 Å². The second-order valence-electron chi connectivity index (χ2n) is 8.33. The summed E-state index contributed by atoms with van der Waals surface area (Å²) < 4.78 is 3.20. The van der Waals surface area contributed by atoms with E-state index in [0.29, 0.717) is 11.5 Å². The van der Waals surface area contributed by atoms with Gasteiger partial charge in [-0.25, -0.2) is 0 Å². The second kappa shape index (κ2) is 6.75. The Morgan fingerprint density at radius 1 is 1.11 bits per heavy atom. The van der Waals surface area contributed by atoms with E-state index in [0.717, 1.165) is 17.0 Å². The molecule has 1 aromatic carbocycles. The van der Waals surface area contributed by atoms with E-state index in [2.05, 4.69) is 43.2 Å². The first-order valence-corrected chi connectivity index (χ1v) is 19.3. The van der Waals surface area contributed by atoms with E-state index in [1.807, 2.05) is 29.8 Å². The molecule has 3 aromatic rings. The van der Waals surface area contributed by atoms with E-state index >= 15 is 0 Å². The Kier molecular flexibility index (Phi) is 4.55. The van der Waals surface area contributed by atoms with Crippen LogP contribution in [0.2, 0.25) is 14.8 Å². The summed E-state index contributed by atoms with van der Waals surface area (Å²) in [7, 11) is 1.93. The number of pyridine rings is 1. The number of aryl methyl sites for hydroxylation is 1. The van der Waals surface area contributed by atoms with Crippen molar-refractivity contribution in [2.24, 2.45) is 7.05 Å². The average molecular weight is 464 g/mol. The van der Waals surface area contributed by atoms with Gasteiger partial charge in [0.15, 0.2) is 0 Å². The van der Waals surface area contributed by atoms with Crippen LogP contribution in [0.25, 0.3) is 22.5 Å². The molecule has 6 heteroatoms. The summed E-state index contributed by atoms with van der Waals surface area (Å²) in [4.78, 5) is 12.3. The van der Waals surface area contributed by atoms with Crippen molar-refractivity contribution >= 4 is 22.1 Å². The Labute approximate surface area is 164 Å². The van der Waals surface area contributed by atoms with Gasteiger partial charge in [-0.2, -0.15) is 0 Å². The van der Waals surface area contributed by atoms with Crippen molar-refractivity contribution < 1.29 is 0 Å². The molecule has 4 rings (SSSR count). The van der Waals surface area contributed by atoms with Gasteiger partial charge in [0, 0.05) is 0 Å². The van der Waals surface area contributed by atoms with Gasteiger partial charge in [0.25, 0.3) is 0 Å². The first-order valence-electron chi connectivity index (χ1n) is 9.28. The molecule has 0 radical (unpaired) electrons. The summed E-state index contributed by atoms with van der Waals surface area (Å²) in [6, 6.07) is 12.6. The molecule has 0 aliphatic heterocycles. The molecule has 0 N–H and O–H groups in total. The zero-order valence-corrected chi connectivity index (χ0v) is 19.0. The quantitative estimate of drug-likeness (QED) is 0.551. The molecule has 136 valence electrons. The Morgan fingerprint density at radius 3 is 2.48 bits per heavy atom. The molecule has 0 bridgehead atoms. The molecule has 5 nitrogen and oxygen atoms in total. The van der Waals surface area contributed by atoms with E-state index in [-0.39, 0.29) is 0 Å². The molecule has 0 saturated heterocycles. The Bertz CT molecular complexity index is 1050. The van der Waals surface area contributed by atoms with E-state index in [9.17, 15) is 5.26 Å². The molecule has 1 aliphatic carbocycles. The zero-order chi connectivity index (χ0) is 19.2. The Morgan fingerprint density at radius 2 is 1.89 bits per heavy atom. The maximum absolute atomic E-state index is 9.37. The van der Waals surface area contributed by atoms with Crippen molar-refractivity contribution in [3.63, 3.8) is 0 Å². The fourth-order valence-electron chi connectivity index (χ4n) is 3.26. The third-order valence-corrected chi connectivity index (χ3v) is 10.1. The van der Waals surface area contributed by atoms with Crippen molar-refractivity contribution in [3.05, 3.63) is 47.9 Å². The van der Waals surface area contributed by atoms with Crippen molar-refractivity contribution in [2.75, 3.05) is 0 Å². The Hall–Kier alpha value is -2.20. The van der Waals surface area contributed by atoms with Gasteiger partial charge in [-0.1, -0.05) is 0 Å². The van der Waals surface area contributed by atoms with Crippen molar-refractivity contribution in [1.29, 1.82) is 5.26 Å². The van der Waals surface area contributed by atoms with Crippen LogP contribution in [0.4, 0.5) is 0 Å². The third kappa shape index (κ3) is 3.63. The predicted molar refractivity (Wildman–Crippen MR) is 109 cm³/mol. The first kappa shape index (κ1) is 18.2. The molecule has 0 amide bonds. The van der Waals surface area contributed by atoms with Gasteiger partial charge in [-0.05, 0) is 0 Å². The van der Waals surface area contributed by atoms with Crippen molar-refractivity contribution in [2.45, 2.75) is 33.6 Å². The summed E-state index contributed by atoms with van der Waals surface area (Å²) in [5.41, 5.74) is 5.06. The molecular weight excluding hydrogens is 441 g/mol. The topological polar surface area (TPSA) is 67.4 Å². The van der Waals surface area contributed by atoms with Crippen LogP contribution in [0.3, 0.4) is 0 Å². The van der Waals surface area contributed by atoms with Crippen LogP contribution >= 0.6 is 0 Å². The fourth-order valence-corrected chi connectivity index (χ4v) is 6.26. The first-order chi connectivity index (χ1) is 12.9. The van der Waals surface area contributed by atoms with Gasteiger partial charge in [-0.15, -0.1) is 0 Å². The van der Waals surface area contributed by atoms with E-state index in [1.165, 1.54) is 27.8 Å². The Balaban J connectivity index is 1.95.